The van der Waals surface area contributed by atoms with E-state index in [0.29, 0.717) is 0 Å². The van der Waals surface area contributed by atoms with Crippen LogP contribution in [0.2, 0.25) is 0 Å². The topological polar surface area (TPSA) is 35.0 Å². The van der Waals surface area contributed by atoms with Crippen molar-refractivity contribution < 1.29 is 4.74 Å². The summed E-state index contributed by atoms with van der Waals surface area (Å²) in [6.45, 7) is 0. The fraction of sp³-hybridized carbons (Fsp3) is 0.333. The van der Waals surface area contributed by atoms with Gasteiger partial charge in [-0.25, -0.2) is 0 Å². The molecule has 1 aromatic heterocycles. The molecule has 1 rings (SSSR count). The number of ether oxygens (including phenoxy) is 1. The highest BCUT2D eigenvalue weighted by molar-refractivity contribution is 7.07. The fourth-order valence-corrected chi connectivity index (χ4v) is 0.592. The Labute approximate surface area is 45.1 Å². The van der Waals surface area contributed by atoms with Gasteiger partial charge in [-0.2, -0.15) is 0 Å². The SMILES string of the molecule is COc1cnns1. The van der Waals surface area contributed by atoms with E-state index in [0.717, 1.165) is 5.06 Å². The van der Waals surface area contributed by atoms with Crippen molar-refractivity contribution in [2.45, 2.75) is 0 Å². The predicted molar refractivity (Wildman–Crippen MR) is 26.5 cm³/mol. The second-order valence-corrected chi connectivity index (χ2v) is 1.69. The molecule has 0 fully saturated rings. The third kappa shape index (κ3) is 0.866. The molecule has 0 spiro atoms. The average Bonchev–Trinajstić information content (AvgIpc) is 2.14. The molecule has 3 nitrogen and oxygen atoms in total. The molecule has 0 saturated heterocycles. The van der Waals surface area contributed by atoms with E-state index in [9.17, 15) is 0 Å². The molecule has 0 aliphatic rings. The molecule has 1 aromatic rings. The Kier molecular flexibility index (Phi) is 1.21. The predicted octanol–water partition coefficient (Wildman–Crippen LogP) is 0.547. The maximum Gasteiger partial charge on any atom is 0.213 e. The van der Waals surface area contributed by atoms with Crippen molar-refractivity contribution in [2.75, 3.05) is 7.11 Å². The zero-order valence-corrected chi connectivity index (χ0v) is 4.60. The summed E-state index contributed by atoms with van der Waals surface area (Å²) in [5.74, 6) is 0. The maximum absolute atomic E-state index is 4.75. The third-order valence-electron chi connectivity index (χ3n) is 0.542. The Morgan fingerprint density at radius 1 is 1.86 bits per heavy atom. The highest BCUT2D eigenvalue weighted by Gasteiger charge is 1.87. The first kappa shape index (κ1) is 4.52. The summed E-state index contributed by atoms with van der Waals surface area (Å²) in [5.41, 5.74) is 0. The summed E-state index contributed by atoms with van der Waals surface area (Å²) in [6, 6.07) is 0. The van der Waals surface area contributed by atoms with E-state index < -0.39 is 0 Å². The van der Waals surface area contributed by atoms with Crippen molar-refractivity contribution in [1.82, 2.24) is 9.59 Å². The van der Waals surface area contributed by atoms with Crippen molar-refractivity contribution in [2.24, 2.45) is 0 Å². The van der Waals surface area contributed by atoms with Gasteiger partial charge in [0.1, 0.15) is 6.20 Å². The normalized spacial score (nSPS) is 8.71. The smallest absolute Gasteiger partial charge is 0.213 e. The van der Waals surface area contributed by atoms with Crippen LogP contribution in [-0.2, 0) is 0 Å². The summed E-state index contributed by atoms with van der Waals surface area (Å²) in [7, 11) is 1.59. The van der Waals surface area contributed by atoms with E-state index in [-0.39, 0.29) is 0 Å². The van der Waals surface area contributed by atoms with E-state index in [1.807, 2.05) is 0 Å². The second kappa shape index (κ2) is 1.88. The highest BCUT2D eigenvalue weighted by Crippen LogP contribution is 2.10. The number of rotatable bonds is 1. The lowest BCUT2D eigenvalue weighted by Gasteiger charge is -1.83. The number of methoxy groups -OCH3 is 1. The van der Waals surface area contributed by atoms with E-state index in [1.54, 1.807) is 13.3 Å². The molecule has 0 aliphatic heterocycles. The molecule has 0 N–H and O–H groups in total. The van der Waals surface area contributed by atoms with E-state index in [1.165, 1.54) is 11.5 Å². The Balaban J connectivity index is 2.76. The second-order valence-electron chi connectivity index (χ2n) is 0.941. The van der Waals surface area contributed by atoms with Gasteiger partial charge in [0, 0.05) is 11.5 Å². The van der Waals surface area contributed by atoms with Crippen LogP contribution in [0, 0.1) is 0 Å². The Hall–Kier alpha value is -0.640. The standard InChI is InChI=1S/C3H4N2OS/c1-6-3-2-4-5-7-3/h2H,1H3. The fourth-order valence-electron chi connectivity index (χ4n) is 0.248. The third-order valence-corrected chi connectivity index (χ3v) is 1.17. The molecule has 0 atom stereocenters. The van der Waals surface area contributed by atoms with Gasteiger partial charge in [-0.1, -0.05) is 4.49 Å². The van der Waals surface area contributed by atoms with Gasteiger partial charge in [0.15, 0.2) is 0 Å². The number of hydrogen-bond donors (Lipinski definition) is 0. The van der Waals surface area contributed by atoms with Crippen molar-refractivity contribution in [3.8, 4) is 5.06 Å². The number of aromatic nitrogens is 2. The summed E-state index contributed by atoms with van der Waals surface area (Å²) in [5, 5.41) is 4.29. The molecule has 1 heterocycles. The minimum Gasteiger partial charge on any atom is -0.485 e. The maximum atomic E-state index is 4.75. The van der Waals surface area contributed by atoms with Gasteiger partial charge in [-0.05, 0) is 0 Å². The van der Waals surface area contributed by atoms with Gasteiger partial charge < -0.3 is 4.74 Å². The minimum atomic E-state index is 0.750. The molecular formula is C3H4N2OS. The van der Waals surface area contributed by atoms with Crippen molar-refractivity contribution >= 4 is 11.5 Å². The van der Waals surface area contributed by atoms with Crippen molar-refractivity contribution in [3.05, 3.63) is 6.20 Å². The Bertz CT molecular complexity index is 127. The Morgan fingerprint density at radius 3 is 3.00 bits per heavy atom. The largest absolute Gasteiger partial charge is 0.485 e. The van der Waals surface area contributed by atoms with E-state index in [4.69, 9.17) is 4.74 Å². The first-order valence-electron chi connectivity index (χ1n) is 1.75. The number of hydrogen-bond acceptors (Lipinski definition) is 4. The lowest BCUT2D eigenvalue weighted by Crippen LogP contribution is -1.73. The number of nitrogens with zero attached hydrogens (tertiary/aromatic N) is 2. The zero-order valence-electron chi connectivity index (χ0n) is 3.79. The van der Waals surface area contributed by atoms with Gasteiger partial charge in [0.25, 0.3) is 0 Å². The summed E-state index contributed by atoms with van der Waals surface area (Å²) in [4.78, 5) is 0. The van der Waals surface area contributed by atoms with Gasteiger partial charge in [-0.15, -0.1) is 5.10 Å². The molecule has 38 valence electrons. The molecule has 0 amide bonds. The molecule has 0 saturated carbocycles. The van der Waals surface area contributed by atoms with Crippen LogP contribution in [0.3, 0.4) is 0 Å². The molecule has 0 radical (unpaired) electrons. The quantitative estimate of drug-likeness (QED) is 0.537. The van der Waals surface area contributed by atoms with Crippen LogP contribution in [0.5, 0.6) is 5.06 Å². The van der Waals surface area contributed by atoms with Crippen LogP contribution in [-0.4, -0.2) is 16.7 Å². The summed E-state index contributed by atoms with van der Waals surface area (Å²) >= 11 is 1.24. The van der Waals surface area contributed by atoms with E-state index >= 15 is 0 Å². The van der Waals surface area contributed by atoms with Crippen LogP contribution in [0.1, 0.15) is 0 Å². The monoisotopic (exact) mass is 116 g/mol. The van der Waals surface area contributed by atoms with Crippen LogP contribution in [0.4, 0.5) is 0 Å². The molecule has 0 aliphatic carbocycles. The van der Waals surface area contributed by atoms with E-state index in [2.05, 4.69) is 9.59 Å². The minimum absolute atomic E-state index is 0.750. The van der Waals surface area contributed by atoms with Gasteiger partial charge in [0.2, 0.25) is 5.06 Å². The van der Waals surface area contributed by atoms with Crippen molar-refractivity contribution in [1.29, 1.82) is 0 Å². The molecule has 7 heavy (non-hydrogen) atoms. The van der Waals surface area contributed by atoms with Crippen LogP contribution in [0.25, 0.3) is 0 Å². The zero-order chi connectivity index (χ0) is 5.11. The molecular weight excluding hydrogens is 112 g/mol. The van der Waals surface area contributed by atoms with Gasteiger partial charge in [-0.3, -0.25) is 0 Å². The van der Waals surface area contributed by atoms with Crippen molar-refractivity contribution in [3.63, 3.8) is 0 Å². The lowest BCUT2D eigenvalue weighted by atomic mass is 10.9. The van der Waals surface area contributed by atoms with Crippen LogP contribution < -0.4 is 4.74 Å². The average molecular weight is 116 g/mol. The Morgan fingerprint density at radius 2 is 2.71 bits per heavy atom. The van der Waals surface area contributed by atoms with Crippen LogP contribution >= 0.6 is 11.5 Å². The summed E-state index contributed by atoms with van der Waals surface area (Å²) < 4.78 is 8.31. The van der Waals surface area contributed by atoms with Crippen LogP contribution in [0.15, 0.2) is 6.20 Å². The molecule has 0 bridgehead atoms. The van der Waals surface area contributed by atoms with Gasteiger partial charge in [0.05, 0.1) is 7.11 Å². The first-order valence-corrected chi connectivity index (χ1v) is 2.52. The molecule has 0 aromatic carbocycles. The summed E-state index contributed by atoms with van der Waals surface area (Å²) in [6.07, 6.45) is 1.57. The first-order chi connectivity index (χ1) is 3.43. The lowest BCUT2D eigenvalue weighted by molar-refractivity contribution is 0.426. The molecule has 0 unspecified atom stereocenters. The highest BCUT2D eigenvalue weighted by atomic mass is 32.1. The van der Waals surface area contributed by atoms with Gasteiger partial charge >= 0.3 is 0 Å². The molecule has 4 heteroatoms.